The van der Waals surface area contributed by atoms with E-state index in [1.165, 1.54) is 30.4 Å². The molecule has 40 heavy (non-hydrogen) atoms. The number of esters is 2. The van der Waals surface area contributed by atoms with E-state index in [1.807, 2.05) is 0 Å². The van der Waals surface area contributed by atoms with Gasteiger partial charge in [-0.05, 0) is 90.0 Å². The van der Waals surface area contributed by atoms with E-state index < -0.39 is 23.7 Å². The van der Waals surface area contributed by atoms with Gasteiger partial charge in [0, 0.05) is 23.3 Å². The third-order valence-corrected chi connectivity index (χ3v) is 5.00. The minimum absolute atomic E-state index is 0.0334. The molecular formula is C33H21F3O4. The van der Waals surface area contributed by atoms with Gasteiger partial charge in [-0.25, -0.2) is 9.59 Å². The first-order valence-electron chi connectivity index (χ1n) is 11.6. The SMILES string of the molecule is C=CC(=O)Oc1ccc(C#CC=Cc2ccc(C=CC#Cc3ccc(OC(=O)C=C)cc3)c(C(F)(F)F)c2)cc1. The molecule has 7 heteroatoms. The van der Waals surface area contributed by atoms with E-state index in [0.717, 1.165) is 18.2 Å². The van der Waals surface area contributed by atoms with Crippen LogP contribution in [0.3, 0.4) is 0 Å². The Morgan fingerprint density at radius 3 is 1.62 bits per heavy atom. The minimum Gasteiger partial charge on any atom is -0.423 e. The first kappa shape index (κ1) is 29.0. The Kier molecular flexibility index (Phi) is 10.1. The monoisotopic (exact) mass is 538 g/mol. The van der Waals surface area contributed by atoms with Crippen molar-refractivity contribution in [2.75, 3.05) is 0 Å². The lowest BCUT2D eigenvalue weighted by molar-refractivity contribution is -0.137. The van der Waals surface area contributed by atoms with Gasteiger partial charge in [0.25, 0.3) is 0 Å². The summed E-state index contributed by atoms with van der Waals surface area (Å²) in [4.78, 5) is 22.4. The van der Waals surface area contributed by atoms with E-state index >= 15 is 0 Å². The lowest BCUT2D eigenvalue weighted by Crippen LogP contribution is -2.07. The van der Waals surface area contributed by atoms with Crippen LogP contribution in [0.2, 0.25) is 0 Å². The second-order valence-corrected chi connectivity index (χ2v) is 7.85. The molecule has 0 saturated heterocycles. The highest BCUT2D eigenvalue weighted by atomic mass is 19.4. The predicted octanol–water partition coefficient (Wildman–Crippen LogP) is 7.02. The van der Waals surface area contributed by atoms with Crippen LogP contribution in [0.4, 0.5) is 13.2 Å². The van der Waals surface area contributed by atoms with Gasteiger partial charge in [0.1, 0.15) is 11.5 Å². The number of ether oxygens (including phenoxy) is 2. The summed E-state index contributed by atoms with van der Waals surface area (Å²) in [5.41, 5.74) is 0.710. The molecule has 0 aliphatic heterocycles. The van der Waals surface area contributed by atoms with Crippen molar-refractivity contribution in [1.29, 1.82) is 0 Å². The molecule has 198 valence electrons. The summed E-state index contributed by atoms with van der Waals surface area (Å²) in [5.74, 6) is 10.6. The minimum atomic E-state index is -4.57. The van der Waals surface area contributed by atoms with Crippen LogP contribution in [0, 0.1) is 23.7 Å². The summed E-state index contributed by atoms with van der Waals surface area (Å²) >= 11 is 0. The maximum Gasteiger partial charge on any atom is 0.417 e. The summed E-state index contributed by atoms with van der Waals surface area (Å²) in [5, 5.41) is 0. The van der Waals surface area contributed by atoms with E-state index in [9.17, 15) is 22.8 Å². The lowest BCUT2D eigenvalue weighted by atomic mass is 10.0. The molecule has 0 aliphatic rings. The predicted molar refractivity (Wildman–Crippen MR) is 148 cm³/mol. The number of rotatable bonds is 6. The number of allylic oxidation sites excluding steroid dienone is 2. The molecule has 0 spiro atoms. The van der Waals surface area contributed by atoms with E-state index in [2.05, 4.69) is 36.8 Å². The number of hydrogen-bond donors (Lipinski definition) is 0. The van der Waals surface area contributed by atoms with Gasteiger partial charge in [-0.1, -0.05) is 49.0 Å². The smallest absolute Gasteiger partial charge is 0.417 e. The fourth-order valence-electron chi connectivity index (χ4n) is 3.12. The zero-order chi connectivity index (χ0) is 29.0. The maximum absolute atomic E-state index is 13.7. The van der Waals surface area contributed by atoms with Crippen LogP contribution in [-0.2, 0) is 15.8 Å². The molecule has 0 unspecified atom stereocenters. The normalized spacial score (nSPS) is 10.7. The molecule has 3 aromatic rings. The van der Waals surface area contributed by atoms with Crippen LogP contribution in [0.15, 0.2) is 104 Å². The van der Waals surface area contributed by atoms with Crippen molar-refractivity contribution in [1.82, 2.24) is 0 Å². The molecule has 0 saturated carbocycles. The van der Waals surface area contributed by atoms with Gasteiger partial charge in [-0.15, -0.1) is 0 Å². The van der Waals surface area contributed by atoms with Crippen molar-refractivity contribution in [2.45, 2.75) is 6.18 Å². The summed E-state index contributed by atoms with van der Waals surface area (Å²) < 4.78 is 51.1. The van der Waals surface area contributed by atoms with E-state index in [-0.39, 0.29) is 5.56 Å². The average Bonchev–Trinajstić information content (AvgIpc) is 2.94. The second kappa shape index (κ2) is 13.9. The Bertz CT molecular complexity index is 1590. The van der Waals surface area contributed by atoms with Crippen LogP contribution < -0.4 is 9.47 Å². The summed E-state index contributed by atoms with van der Waals surface area (Å²) in [6.07, 6.45) is 3.07. The third-order valence-electron chi connectivity index (χ3n) is 5.00. The molecule has 0 fully saturated rings. The van der Waals surface area contributed by atoms with Crippen LogP contribution in [0.5, 0.6) is 11.5 Å². The van der Waals surface area contributed by atoms with Crippen molar-refractivity contribution >= 4 is 24.1 Å². The first-order valence-corrected chi connectivity index (χ1v) is 11.6. The molecule has 0 bridgehead atoms. The number of hydrogen-bond acceptors (Lipinski definition) is 4. The van der Waals surface area contributed by atoms with Crippen molar-refractivity contribution in [2.24, 2.45) is 0 Å². The highest BCUT2D eigenvalue weighted by molar-refractivity contribution is 5.83. The molecule has 0 aliphatic carbocycles. The lowest BCUT2D eigenvalue weighted by Gasteiger charge is -2.11. The summed E-state index contributed by atoms with van der Waals surface area (Å²) in [6.45, 7) is 6.64. The number of benzene rings is 3. The molecule has 0 aromatic heterocycles. The van der Waals surface area contributed by atoms with Crippen molar-refractivity contribution in [3.8, 4) is 35.2 Å². The maximum atomic E-state index is 13.7. The molecule has 4 nitrogen and oxygen atoms in total. The molecular weight excluding hydrogens is 517 g/mol. The Morgan fingerprint density at radius 1 is 0.700 bits per heavy atom. The van der Waals surface area contributed by atoms with Crippen LogP contribution in [-0.4, -0.2) is 11.9 Å². The standard InChI is InChI=1S/C33H21F3O4/c1-3-31(37)39-28-19-14-24(15-20-28)9-5-6-11-26-13-18-27(30(23-26)33(34,35)36)12-8-7-10-25-16-21-29(22-17-25)40-32(38)4-2/h3-4,6,8,11-23H,1-2H2. The van der Waals surface area contributed by atoms with Crippen molar-refractivity contribution in [3.05, 3.63) is 132 Å². The molecule has 3 rings (SSSR count). The van der Waals surface area contributed by atoms with Gasteiger partial charge in [0.15, 0.2) is 0 Å². The van der Waals surface area contributed by atoms with Gasteiger partial charge >= 0.3 is 18.1 Å². The average molecular weight is 539 g/mol. The van der Waals surface area contributed by atoms with Gasteiger partial charge < -0.3 is 9.47 Å². The Morgan fingerprint density at radius 2 is 1.18 bits per heavy atom. The quantitative estimate of drug-likeness (QED) is 0.147. The number of carbonyl (C=O) groups excluding carboxylic acids is 2. The summed E-state index contributed by atoms with van der Waals surface area (Å²) in [6, 6.07) is 16.7. The van der Waals surface area contributed by atoms with Crippen molar-refractivity contribution < 1.29 is 32.2 Å². The van der Waals surface area contributed by atoms with E-state index in [0.29, 0.717) is 28.2 Å². The molecule has 0 heterocycles. The van der Waals surface area contributed by atoms with E-state index in [4.69, 9.17) is 9.47 Å². The zero-order valence-electron chi connectivity index (χ0n) is 21.0. The third kappa shape index (κ3) is 9.09. The van der Waals surface area contributed by atoms with Gasteiger partial charge in [-0.2, -0.15) is 13.2 Å². The number of carbonyl (C=O) groups is 2. The first-order chi connectivity index (χ1) is 19.2. The fourth-order valence-corrected chi connectivity index (χ4v) is 3.12. The largest absolute Gasteiger partial charge is 0.423 e. The van der Waals surface area contributed by atoms with Gasteiger partial charge in [-0.3, -0.25) is 0 Å². The van der Waals surface area contributed by atoms with Crippen LogP contribution >= 0.6 is 0 Å². The highest BCUT2D eigenvalue weighted by Crippen LogP contribution is 2.33. The molecule has 0 amide bonds. The Balaban J connectivity index is 1.69. The molecule has 0 N–H and O–H groups in total. The van der Waals surface area contributed by atoms with Crippen LogP contribution in [0.1, 0.15) is 27.8 Å². The van der Waals surface area contributed by atoms with Crippen LogP contribution in [0.25, 0.3) is 12.2 Å². The molecule has 0 radical (unpaired) electrons. The summed E-state index contributed by atoms with van der Waals surface area (Å²) in [7, 11) is 0. The number of halogens is 3. The topological polar surface area (TPSA) is 52.6 Å². The molecule has 0 atom stereocenters. The Labute approximate surface area is 229 Å². The van der Waals surface area contributed by atoms with Gasteiger partial charge in [0.05, 0.1) is 5.56 Å². The molecule has 3 aromatic carbocycles. The number of alkyl halides is 3. The van der Waals surface area contributed by atoms with Gasteiger partial charge in [0.2, 0.25) is 0 Å². The second-order valence-electron chi connectivity index (χ2n) is 7.85. The van der Waals surface area contributed by atoms with Crippen molar-refractivity contribution in [3.63, 3.8) is 0 Å². The fraction of sp³-hybridized carbons (Fsp3) is 0.0303. The van der Waals surface area contributed by atoms with E-state index in [1.54, 1.807) is 54.6 Å². The highest BCUT2D eigenvalue weighted by Gasteiger charge is 2.32. The zero-order valence-corrected chi connectivity index (χ0v) is 21.0. The Hall–Kier alpha value is -5.53.